The molecule has 96 valence electrons. The second-order valence-corrected chi connectivity index (χ2v) is 3.32. The summed E-state index contributed by atoms with van der Waals surface area (Å²) in [6, 6.07) is 3.21. The van der Waals surface area contributed by atoms with Gasteiger partial charge in [-0.15, -0.1) is 0 Å². The maximum atomic E-state index is 11.1. The van der Waals surface area contributed by atoms with Crippen LogP contribution in [0.2, 0.25) is 0 Å². The van der Waals surface area contributed by atoms with Crippen LogP contribution >= 0.6 is 0 Å². The summed E-state index contributed by atoms with van der Waals surface area (Å²) in [7, 11) is 0. The fourth-order valence-electron chi connectivity index (χ4n) is 1.18. The lowest BCUT2D eigenvalue weighted by molar-refractivity contribution is -0.121. The van der Waals surface area contributed by atoms with E-state index in [0.29, 0.717) is 5.69 Å². The van der Waals surface area contributed by atoms with Crippen molar-refractivity contribution in [2.45, 2.75) is 0 Å². The Hall–Kier alpha value is -2.77. The standard InChI is InChI=1S/C10H12N4O4/c11-5-1-2-7(6(3-5)9(12)16)18-4-8(15)14-10(13)17/h1-3H,4,11H2,(H2,12,16)(H3,13,14,15,17). The Bertz CT molecular complexity index is 501. The van der Waals surface area contributed by atoms with Crippen LogP contribution in [0.5, 0.6) is 5.75 Å². The van der Waals surface area contributed by atoms with Crippen molar-refractivity contribution in [2.75, 3.05) is 12.3 Å². The van der Waals surface area contributed by atoms with Crippen molar-refractivity contribution in [1.82, 2.24) is 5.32 Å². The molecule has 1 rings (SSSR count). The van der Waals surface area contributed by atoms with Gasteiger partial charge in [-0.3, -0.25) is 14.9 Å². The van der Waals surface area contributed by atoms with Crippen molar-refractivity contribution in [3.63, 3.8) is 0 Å². The Balaban J connectivity index is 2.76. The molecule has 0 aliphatic heterocycles. The number of carbonyl (C=O) groups is 3. The van der Waals surface area contributed by atoms with Crippen molar-refractivity contribution in [3.8, 4) is 5.75 Å². The second kappa shape index (κ2) is 5.53. The first-order chi connectivity index (χ1) is 8.40. The van der Waals surface area contributed by atoms with Gasteiger partial charge in [-0.2, -0.15) is 0 Å². The highest BCUT2D eigenvalue weighted by molar-refractivity contribution is 5.97. The molecule has 8 heteroatoms. The van der Waals surface area contributed by atoms with E-state index in [0.717, 1.165) is 0 Å². The molecular formula is C10H12N4O4. The van der Waals surface area contributed by atoms with Crippen molar-refractivity contribution >= 4 is 23.5 Å². The van der Waals surface area contributed by atoms with Gasteiger partial charge in [-0.25, -0.2) is 4.79 Å². The monoisotopic (exact) mass is 252 g/mol. The summed E-state index contributed by atoms with van der Waals surface area (Å²) in [5, 5.41) is 1.81. The summed E-state index contributed by atoms with van der Waals surface area (Å²) in [5.41, 5.74) is 15.7. The average molecular weight is 252 g/mol. The number of hydrogen-bond acceptors (Lipinski definition) is 5. The molecule has 8 nitrogen and oxygen atoms in total. The number of nitrogen functional groups attached to an aromatic ring is 1. The van der Waals surface area contributed by atoms with Gasteiger partial charge in [0.1, 0.15) is 5.75 Å². The SMILES string of the molecule is NC(=O)NC(=O)COc1ccc(N)cc1C(N)=O. The van der Waals surface area contributed by atoms with Crippen molar-refractivity contribution in [2.24, 2.45) is 11.5 Å². The Morgan fingerprint density at radius 2 is 1.89 bits per heavy atom. The van der Waals surface area contributed by atoms with E-state index in [1.807, 2.05) is 5.32 Å². The molecule has 0 aliphatic carbocycles. The van der Waals surface area contributed by atoms with Gasteiger partial charge in [-0.1, -0.05) is 0 Å². The minimum Gasteiger partial charge on any atom is -0.483 e. The number of rotatable bonds is 4. The zero-order valence-corrected chi connectivity index (χ0v) is 9.30. The largest absolute Gasteiger partial charge is 0.483 e. The van der Waals surface area contributed by atoms with Crippen LogP contribution in [0, 0.1) is 0 Å². The highest BCUT2D eigenvalue weighted by atomic mass is 16.5. The quantitative estimate of drug-likeness (QED) is 0.503. The third-order valence-electron chi connectivity index (χ3n) is 1.89. The van der Waals surface area contributed by atoms with E-state index >= 15 is 0 Å². The predicted octanol–water partition coefficient (Wildman–Crippen LogP) is -1.06. The summed E-state index contributed by atoms with van der Waals surface area (Å²) in [6.07, 6.45) is 0. The summed E-state index contributed by atoms with van der Waals surface area (Å²) >= 11 is 0. The molecule has 0 atom stereocenters. The fraction of sp³-hybridized carbons (Fsp3) is 0.100. The number of nitrogens with one attached hydrogen (secondary N) is 1. The number of imide groups is 1. The van der Waals surface area contributed by atoms with Crippen LogP contribution in [0.25, 0.3) is 0 Å². The Morgan fingerprint density at radius 1 is 1.22 bits per heavy atom. The minimum atomic E-state index is -0.990. The van der Waals surface area contributed by atoms with Gasteiger partial charge in [0.05, 0.1) is 5.56 Å². The van der Waals surface area contributed by atoms with Crippen LogP contribution in [-0.4, -0.2) is 24.5 Å². The van der Waals surface area contributed by atoms with Crippen LogP contribution in [0.3, 0.4) is 0 Å². The number of carbonyl (C=O) groups excluding carboxylic acids is 3. The Morgan fingerprint density at radius 3 is 2.44 bits per heavy atom. The van der Waals surface area contributed by atoms with E-state index in [2.05, 4.69) is 0 Å². The van der Waals surface area contributed by atoms with Crippen LogP contribution < -0.4 is 27.3 Å². The van der Waals surface area contributed by atoms with Gasteiger partial charge in [0.2, 0.25) is 0 Å². The van der Waals surface area contributed by atoms with Crippen LogP contribution in [0.1, 0.15) is 10.4 Å². The molecule has 4 amide bonds. The maximum Gasteiger partial charge on any atom is 0.318 e. The molecule has 0 heterocycles. The van der Waals surface area contributed by atoms with Crippen LogP contribution in [-0.2, 0) is 4.79 Å². The lowest BCUT2D eigenvalue weighted by atomic mass is 10.1. The molecule has 0 aliphatic rings. The molecular weight excluding hydrogens is 240 g/mol. The lowest BCUT2D eigenvalue weighted by Crippen LogP contribution is -2.38. The number of urea groups is 1. The topological polar surface area (TPSA) is 151 Å². The van der Waals surface area contributed by atoms with E-state index in [1.165, 1.54) is 18.2 Å². The van der Waals surface area contributed by atoms with E-state index in [-0.39, 0.29) is 11.3 Å². The molecule has 0 aromatic heterocycles. The number of nitrogens with two attached hydrogens (primary N) is 3. The summed E-state index contributed by atoms with van der Waals surface area (Å²) in [4.78, 5) is 32.6. The molecule has 1 aromatic carbocycles. The molecule has 0 saturated carbocycles. The molecule has 0 radical (unpaired) electrons. The molecule has 0 fully saturated rings. The first kappa shape index (κ1) is 13.3. The number of primary amides is 2. The molecule has 18 heavy (non-hydrogen) atoms. The zero-order chi connectivity index (χ0) is 13.7. The molecule has 7 N–H and O–H groups in total. The second-order valence-electron chi connectivity index (χ2n) is 3.32. The molecule has 1 aromatic rings. The summed E-state index contributed by atoms with van der Waals surface area (Å²) < 4.78 is 5.04. The van der Waals surface area contributed by atoms with Gasteiger partial charge in [0.25, 0.3) is 11.8 Å². The number of benzene rings is 1. The number of ether oxygens (including phenoxy) is 1. The lowest BCUT2D eigenvalue weighted by Gasteiger charge is -2.09. The normalized spacial score (nSPS) is 9.56. The van der Waals surface area contributed by atoms with Gasteiger partial charge < -0.3 is 21.9 Å². The third kappa shape index (κ3) is 3.67. The molecule has 0 bridgehead atoms. The number of hydrogen-bond donors (Lipinski definition) is 4. The Kier molecular flexibility index (Phi) is 4.08. The van der Waals surface area contributed by atoms with E-state index < -0.39 is 24.5 Å². The minimum absolute atomic E-state index is 0.0434. The summed E-state index contributed by atoms with van der Waals surface area (Å²) in [5.74, 6) is -1.39. The van der Waals surface area contributed by atoms with Crippen molar-refractivity contribution < 1.29 is 19.1 Å². The first-order valence-corrected chi connectivity index (χ1v) is 4.81. The first-order valence-electron chi connectivity index (χ1n) is 4.81. The van der Waals surface area contributed by atoms with Crippen LogP contribution in [0.15, 0.2) is 18.2 Å². The van der Waals surface area contributed by atoms with E-state index in [1.54, 1.807) is 0 Å². The molecule has 0 saturated heterocycles. The van der Waals surface area contributed by atoms with Crippen LogP contribution in [0.4, 0.5) is 10.5 Å². The van der Waals surface area contributed by atoms with Gasteiger partial charge in [-0.05, 0) is 18.2 Å². The highest BCUT2D eigenvalue weighted by Gasteiger charge is 2.12. The smallest absolute Gasteiger partial charge is 0.318 e. The predicted molar refractivity (Wildman–Crippen MR) is 62.6 cm³/mol. The van der Waals surface area contributed by atoms with E-state index in [4.69, 9.17) is 21.9 Å². The van der Waals surface area contributed by atoms with Crippen molar-refractivity contribution in [1.29, 1.82) is 0 Å². The van der Waals surface area contributed by atoms with Gasteiger partial charge in [0.15, 0.2) is 6.61 Å². The zero-order valence-electron chi connectivity index (χ0n) is 9.30. The number of amides is 4. The molecule has 0 unspecified atom stereocenters. The van der Waals surface area contributed by atoms with Gasteiger partial charge >= 0.3 is 6.03 Å². The number of anilines is 1. The molecule has 0 spiro atoms. The third-order valence-corrected chi connectivity index (χ3v) is 1.89. The maximum absolute atomic E-state index is 11.1. The van der Waals surface area contributed by atoms with E-state index in [9.17, 15) is 14.4 Å². The highest BCUT2D eigenvalue weighted by Crippen LogP contribution is 2.20. The van der Waals surface area contributed by atoms with Crippen molar-refractivity contribution in [3.05, 3.63) is 23.8 Å². The fourth-order valence-corrected chi connectivity index (χ4v) is 1.18. The average Bonchev–Trinajstić information content (AvgIpc) is 2.26. The van der Waals surface area contributed by atoms with Gasteiger partial charge in [0, 0.05) is 5.69 Å². The Labute approximate surface area is 102 Å². The summed E-state index contributed by atoms with van der Waals surface area (Å²) in [6.45, 7) is -0.479.